The molecule has 1 atom stereocenters. The number of hydrogen-bond acceptors (Lipinski definition) is 3. The number of halogens is 2. The third kappa shape index (κ3) is 3.78. The lowest BCUT2D eigenvalue weighted by Crippen LogP contribution is -2.03. The van der Waals surface area contributed by atoms with Crippen molar-refractivity contribution in [1.82, 2.24) is 0 Å². The standard InChI is InChI=1S/C13H11F2NO2S2/c1-8-2-4-11(16-20(17)18)13(6-8)19-12-5-3-9(14)7-10(12)15/h2-7,16H,1H3,(H,17,18)/p-1. The molecule has 0 saturated carbocycles. The molecule has 0 fully saturated rings. The van der Waals surface area contributed by atoms with E-state index >= 15 is 0 Å². The molecule has 0 aliphatic heterocycles. The topological polar surface area (TPSA) is 52.2 Å². The first-order valence-electron chi connectivity index (χ1n) is 5.55. The van der Waals surface area contributed by atoms with Crippen LogP contribution >= 0.6 is 11.8 Å². The minimum absolute atomic E-state index is 0.219. The molecule has 0 aliphatic carbocycles. The van der Waals surface area contributed by atoms with Crippen LogP contribution in [-0.4, -0.2) is 8.76 Å². The van der Waals surface area contributed by atoms with Crippen molar-refractivity contribution in [3.05, 3.63) is 53.6 Å². The third-order valence-electron chi connectivity index (χ3n) is 2.44. The maximum absolute atomic E-state index is 13.6. The van der Waals surface area contributed by atoms with Crippen LogP contribution in [0.1, 0.15) is 5.56 Å². The van der Waals surface area contributed by atoms with Gasteiger partial charge in [0.15, 0.2) is 0 Å². The van der Waals surface area contributed by atoms with Crippen LogP contribution in [0.15, 0.2) is 46.2 Å². The molecule has 0 amide bonds. The zero-order chi connectivity index (χ0) is 14.7. The average Bonchev–Trinajstić information content (AvgIpc) is 2.35. The summed E-state index contributed by atoms with van der Waals surface area (Å²) in [5.41, 5.74) is 1.25. The highest BCUT2D eigenvalue weighted by atomic mass is 32.2. The molecule has 0 aromatic heterocycles. The summed E-state index contributed by atoms with van der Waals surface area (Å²) in [5, 5.41) is 0. The molecule has 7 heteroatoms. The summed E-state index contributed by atoms with van der Waals surface area (Å²) in [7, 11) is 0. The summed E-state index contributed by atoms with van der Waals surface area (Å²) < 4.78 is 50.2. The molecule has 3 nitrogen and oxygen atoms in total. The van der Waals surface area contributed by atoms with E-state index < -0.39 is 22.9 Å². The number of nitrogens with one attached hydrogen (secondary N) is 1. The first kappa shape index (κ1) is 15.0. The number of hydrogen-bond donors (Lipinski definition) is 1. The van der Waals surface area contributed by atoms with Gasteiger partial charge < -0.3 is 9.27 Å². The smallest absolute Gasteiger partial charge is 0.140 e. The van der Waals surface area contributed by atoms with Gasteiger partial charge in [0.05, 0.1) is 5.69 Å². The predicted molar refractivity (Wildman–Crippen MR) is 74.2 cm³/mol. The van der Waals surface area contributed by atoms with Crippen molar-refractivity contribution in [2.24, 2.45) is 0 Å². The van der Waals surface area contributed by atoms with Crippen molar-refractivity contribution in [3.8, 4) is 0 Å². The summed E-state index contributed by atoms with van der Waals surface area (Å²) in [6, 6.07) is 8.31. The zero-order valence-electron chi connectivity index (χ0n) is 10.4. The van der Waals surface area contributed by atoms with Crippen LogP contribution in [0.3, 0.4) is 0 Å². The van der Waals surface area contributed by atoms with E-state index in [2.05, 4.69) is 4.72 Å². The highest BCUT2D eigenvalue weighted by Crippen LogP contribution is 2.35. The minimum Gasteiger partial charge on any atom is -0.755 e. The molecule has 0 saturated heterocycles. The molecule has 0 spiro atoms. The van der Waals surface area contributed by atoms with Gasteiger partial charge in [0.25, 0.3) is 0 Å². The van der Waals surface area contributed by atoms with Crippen molar-refractivity contribution in [2.45, 2.75) is 16.7 Å². The number of aryl methyl sites for hydroxylation is 1. The Kier molecular flexibility index (Phi) is 4.74. The monoisotopic (exact) mass is 314 g/mol. The fourth-order valence-electron chi connectivity index (χ4n) is 1.56. The van der Waals surface area contributed by atoms with Crippen LogP contribution in [0.4, 0.5) is 14.5 Å². The highest BCUT2D eigenvalue weighted by Gasteiger charge is 2.09. The first-order chi connectivity index (χ1) is 9.45. The van der Waals surface area contributed by atoms with Crippen molar-refractivity contribution in [2.75, 3.05) is 4.72 Å². The average molecular weight is 314 g/mol. The van der Waals surface area contributed by atoms with E-state index in [9.17, 15) is 17.5 Å². The highest BCUT2D eigenvalue weighted by molar-refractivity contribution is 7.99. The lowest BCUT2D eigenvalue weighted by Gasteiger charge is -2.14. The Morgan fingerprint density at radius 3 is 2.55 bits per heavy atom. The molecular formula is C13H10F2NO2S2-. The van der Waals surface area contributed by atoms with Crippen LogP contribution < -0.4 is 4.72 Å². The van der Waals surface area contributed by atoms with Gasteiger partial charge >= 0.3 is 0 Å². The number of rotatable bonds is 4. The molecule has 2 aromatic carbocycles. The molecule has 2 rings (SSSR count). The first-order valence-corrected chi connectivity index (χ1v) is 7.44. The second-order valence-corrected chi connectivity index (χ2v) is 5.77. The fourth-order valence-corrected chi connectivity index (χ4v) is 2.99. The van der Waals surface area contributed by atoms with Crippen molar-refractivity contribution >= 4 is 28.7 Å². The lowest BCUT2D eigenvalue weighted by molar-refractivity contribution is 0.542. The van der Waals surface area contributed by atoms with E-state index in [0.717, 1.165) is 29.5 Å². The molecule has 0 radical (unpaired) electrons. The van der Waals surface area contributed by atoms with E-state index in [1.54, 1.807) is 18.2 Å². The summed E-state index contributed by atoms with van der Waals surface area (Å²) >= 11 is -1.44. The Balaban J connectivity index is 2.36. The normalized spacial score (nSPS) is 12.2. The molecule has 1 N–H and O–H groups in total. The van der Waals surface area contributed by atoms with Crippen molar-refractivity contribution in [3.63, 3.8) is 0 Å². The zero-order valence-corrected chi connectivity index (χ0v) is 12.0. The predicted octanol–water partition coefficient (Wildman–Crippen LogP) is 3.63. The van der Waals surface area contributed by atoms with Crippen LogP contribution in [0.2, 0.25) is 0 Å². The summed E-state index contributed by atoms with van der Waals surface area (Å²) in [4.78, 5) is 0.761. The van der Waals surface area contributed by atoms with Gasteiger partial charge in [-0.25, -0.2) is 8.78 Å². The quantitative estimate of drug-likeness (QED) is 0.877. The molecule has 0 heterocycles. The Bertz CT molecular complexity index is 665. The van der Waals surface area contributed by atoms with E-state index in [1.807, 2.05) is 6.92 Å². The maximum Gasteiger partial charge on any atom is 0.140 e. The SMILES string of the molecule is Cc1ccc(NS(=O)[O-])c(Sc2ccc(F)cc2F)c1. The van der Waals surface area contributed by atoms with Gasteiger partial charge in [-0.1, -0.05) is 17.8 Å². The second kappa shape index (κ2) is 6.34. The Morgan fingerprint density at radius 1 is 1.15 bits per heavy atom. The second-order valence-electron chi connectivity index (χ2n) is 4.01. The summed E-state index contributed by atoms with van der Waals surface area (Å²) in [6.07, 6.45) is 0. The van der Waals surface area contributed by atoms with Crippen LogP contribution in [0.5, 0.6) is 0 Å². The maximum atomic E-state index is 13.6. The van der Waals surface area contributed by atoms with E-state index in [-0.39, 0.29) is 4.90 Å². The van der Waals surface area contributed by atoms with Crippen LogP contribution in [0.25, 0.3) is 0 Å². The molecule has 2 aromatic rings. The van der Waals surface area contributed by atoms with E-state index in [0.29, 0.717) is 10.6 Å². The van der Waals surface area contributed by atoms with Gasteiger partial charge in [0.2, 0.25) is 0 Å². The van der Waals surface area contributed by atoms with Gasteiger partial charge in [-0.05, 0) is 36.8 Å². The molecular weight excluding hydrogens is 304 g/mol. The van der Waals surface area contributed by atoms with E-state index in [1.165, 1.54) is 6.07 Å². The van der Waals surface area contributed by atoms with Crippen LogP contribution in [-0.2, 0) is 11.3 Å². The Labute approximate surface area is 121 Å². The van der Waals surface area contributed by atoms with E-state index in [4.69, 9.17) is 0 Å². The largest absolute Gasteiger partial charge is 0.755 e. The Morgan fingerprint density at radius 2 is 1.90 bits per heavy atom. The Hall–Kier alpha value is -1.44. The number of anilines is 1. The molecule has 0 aliphatic rings. The van der Waals surface area contributed by atoms with Crippen molar-refractivity contribution < 1.29 is 17.5 Å². The van der Waals surface area contributed by atoms with Crippen molar-refractivity contribution in [1.29, 1.82) is 0 Å². The fraction of sp³-hybridized carbons (Fsp3) is 0.0769. The minimum atomic E-state index is -2.47. The summed E-state index contributed by atoms with van der Waals surface area (Å²) in [5.74, 6) is -1.35. The van der Waals surface area contributed by atoms with Gasteiger partial charge in [-0.15, -0.1) is 0 Å². The van der Waals surface area contributed by atoms with Gasteiger partial charge in [-0.2, -0.15) is 0 Å². The van der Waals surface area contributed by atoms with Crippen LogP contribution in [0, 0.1) is 18.6 Å². The van der Waals surface area contributed by atoms with Gasteiger partial charge in [-0.3, -0.25) is 4.21 Å². The molecule has 0 bridgehead atoms. The van der Waals surface area contributed by atoms with Gasteiger partial charge in [0.1, 0.15) is 11.6 Å². The molecule has 106 valence electrons. The molecule has 20 heavy (non-hydrogen) atoms. The lowest BCUT2D eigenvalue weighted by atomic mass is 10.2. The third-order valence-corrected chi connectivity index (χ3v) is 3.94. The number of benzene rings is 2. The molecule has 1 unspecified atom stereocenters. The summed E-state index contributed by atoms with van der Waals surface area (Å²) in [6.45, 7) is 1.84. The van der Waals surface area contributed by atoms with Gasteiger partial charge in [0, 0.05) is 27.1 Å².